The van der Waals surface area contributed by atoms with Gasteiger partial charge in [0.2, 0.25) is 0 Å². The Labute approximate surface area is 127 Å². The van der Waals surface area contributed by atoms with Gasteiger partial charge in [-0.05, 0) is 17.7 Å². The van der Waals surface area contributed by atoms with Gasteiger partial charge in [-0.25, -0.2) is 4.39 Å². The normalized spacial score (nSPS) is 17.8. The van der Waals surface area contributed by atoms with Crippen LogP contribution in [0.25, 0.3) is 0 Å². The Bertz CT molecular complexity index is 391. The van der Waals surface area contributed by atoms with Crippen LogP contribution in [0.15, 0.2) is 24.3 Å². The number of halogens is 6. The van der Waals surface area contributed by atoms with Crippen molar-refractivity contribution in [1.82, 2.24) is 10.2 Å². The molecule has 2 nitrogen and oxygen atoms in total. The monoisotopic (exact) mass is 334 g/mol. The van der Waals surface area contributed by atoms with Gasteiger partial charge >= 0.3 is 6.18 Å². The fraction of sp³-hybridized carbons (Fsp3) is 0.500. The van der Waals surface area contributed by atoms with Crippen molar-refractivity contribution in [3.63, 3.8) is 0 Å². The molecule has 1 heterocycles. The summed E-state index contributed by atoms with van der Waals surface area (Å²) in [6, 6.07) is 2.89. The highest BCUT2D eigenvalue weighted by Gasteiger charge is 2.44. The van der Waals surface area contributed by atoms with Gasteiger partial charge in [0.25, 0.3) is 0 Å². The van der Waals surface area contributed by atoms with E-state index < -0.39 is 18.0 Å². The molecule has 1 saturated heterocycles. The first-order valence-electron chi connectivity index (χ1n) is 5.75. The van der Waals surface area contributed by atoms with Crippen molar-refractivity contribution in [2.24, 2.45) is 0 Å². The van der Waals surface area contributed by atoms with Crippen molar-refractivity contribution in [2.45, 2.75) is 12.2 Å². The Morgan fingerprint density at radius 3 is 1.95 bits per heavy atom. The van der Waals surface area contributed by atoms with Crippen LogP contribution in [0, 0.1) is 5.82 Å². The Kier molecular flexibility index (Phi) is 7.80. The van der Waals surface area contributed by atoms with E-state index in [0.29, 0.717) is 26.2 Å². The predicted molar refractivity (Wildman–Crippen MR) is 74.1 cm³/mol. The van der Waals surface area contributed by atoms with Gasteiger partial charge in [0, 0.05) is 26.2 Å². The number of rotatable bonds is 2. The van der Waals surface area contributed by atoms with Crippen LogP contribution in [0.3, 0.4) is 0 Å². The quantitative estimate of drug-likeness (QED) is 0.835. The Balaban J connectivity index is 0.00000180. The molecule has 0 bridgehead atoms. The smallest absolute Gasteiger partial charge is 0.314 e. The van der Waals surface area contributed by atoms with Crippen LogP contribution in [0.4, 0.5) is 17.6 Å². The van der Waals surface area contributed by atoms with E-state index in [0.717, 1.165) is 12.1 Å². The Morgan fingerprint density at radius 1 is 1.00 bits per heavy atom. The second-order valence-corrected chi connectivity index (χ2v) is 4.28. The molecule has 1 aromatic carbocycles. The van der Waals surface area contributed by atoms with Crippen molar-refractivity contribution >= 4 is 24.8 Å². The van der Waals surface area contributed by atoms with Gasteiger partial charge in [-0.3, -0.25) is 4.90 Å². The van der Waals surface area contributed by atoms with Crippen LogP contribution >= 0.6 is 24.8 Å². The van der Waals surface area contributed by atoms with E-state index in [9.17, 15) is 17.6 Å². The molecule has 0 spiro atoms. The van der Waals surface area contributed by atoms with E-state index in [1.54, 1.807) is 0 Å². The maximum absolute atomic E-state index is 13.1. The van der Waals surface area contributed by atoms with Crippen LogP contribution < -0.4 is 5.32 Å². The minimum Gasteiger partial charge on any atom is -0.314 e. The molecule has 0 saturated carbocycles. The van der Waals surface area contributed by atoms with Crippen molar-refractivity contribution in [3.8, 4) is 0 Å². The van der Waals surface area contributed by atoms with Gasteiger partial charge < -0.3 is 5.32 Å². The van der Waals surface area contributed by atoms with Gasteiger partial charge in [-0.1, -0.05) is 12.1 Å². The van der Waals surface area contributed by atoms with Gasteiger partial charge in [-0.15, -0.1) is 24.8 Å². The minimum atomic E-state index is -4.35. The average molecular weight is 335 g/mol. The lowest BCUT2D eigenvalue weighted by atomic mass is 10.0. The second kappa shape index (κ2) is 8.02. The van der Waals surface area contributed by atoms with E-state index in [2.05, 4.69) is 5.32 Å². The third-order valence-electron chi connectivity index (χ3n) is 3.01. The molecule has 1 atom stereocenters. The zero-order chi connectivity index (χ0) is 13.2. The molecule has 1 fully saturated rings. The van der Waals surface area contributed by atoms with Gasteiger partial charge in [-0.2, -0.15) is 13.2 Å². The zero-order valence-corrected chi connectivity index (χ0v) is 12.1. The lowest BCUT2D eigenvalue weighted by molar-refractivity contribution is -0.187. The highest BCUT2D eigenvalue weighted by Crippen LogP contribution is 2.37. The Hall–Kier alpha value is -0.560. The number of benzene rings is 1. The summed E-state index contributed by atoms with van der Waals surface area (Å²) in [6.45, 7) is 1.74. The van der Waals surface area contributed by atoms with E-state index in [1.165, 1.54) is 17.0 Å². The third-order valence-corrected chi connectivity index (χ3v) is 3.01. The number of hydrogen-bond donors (Lipinski definition) is 1. The molecule has 0 aromatic heterocycles. The van der Waals surface area contributed by atoms with Gasteiger partial charge in [0.15, 0.2) is 0 Å². The molecule has 0 amide bonds. The molecule has 20 heavy (non-hydrogen) atoms. The van der Waals surface area contributed by atoms with Crippen LogP contribution in [0.5, 0.6) is 0 Å². The van der Waals surface area contributed by atoms with Gasteiger partial charge in [0.1, 0.15) is 11.9 Å². The van der Waals surface area contributed by atoms with Crippen LogP contribution in [0.2, 0.25) is 0 Å². The molecular formula is C12H16Cl2F4N2. The molecule has 1 aliphatic rings. The van der Waals surface area contributed by atoms with Crippen molar-refractivity contribution in [1.29, 1.82) is 0 Å². The number of alkyl halides is 3. The second-order valence-electron chi connectivity index (χ2n) is 4.28. The van der Waals surface area contributed by atoms with E-state index >= 15 is 0 Å². The molecule has 8 heteroatoms. The summed E-state index contributed by atoms with van der Waals surface area (Å²) in [6.07, 6.45) is -4.35. The van der Waals surface area contributed by atoms with Gasteiger partial charge in [0.05, 0.1) is 0 Å². The SMILES string of the molecule is Cl.Cl.Fc1ccc([C@@H](N2CCNCC2)C(F)(F)F)cc1. The molecule has 1 aromatic rings. The number of nitrogens with zero attached hydrogens (tertiary/aromatic N) is 1. The molecule has 0 unspecified atom stereocenters. The van der Waals surface area contributed by atoms with Crippen LogP contribution in [-0.2, 0) is 0 Å². The predicted octanol–water partition coefficient (Wildman–Crippen LogP) is 3.18. The first-order chi connectivity index (χ1) is 8.48. The number of piperazine rings is 1. The summed E-state index contributed by atoms with van der Waals surface area (Å²) in [5, 5.41) is 3.01. The molecule has 0 aliphatic carbocycles. The maximum Gasteiger partial charge on any atom is 0.408 e. The van der Waals surface area contributed by atoms with Crippen molar-refractivity contribution in [2.75, 3.05) is 26.2 Å². The molecule has 1 aliphatic heterocycles. The lowest BCUT2D eigenvalue weighted by Gasteiger charge is -2.36. The highest BCUT2D eigenvalue weighted by molar-refractivity contribution is 5.85. The fourth-order valence-corrected chi connectivity index (χ4v) is 2.19. The summed E-state index contributed by atoms with van der Waals surface area (Å²) in [4.78, 5) is 1.38. The Morgan fingerprint density at radius 2 is 1.50 bits per heavy atom. The van der Waals surface area contributed by atoms with Crippen molar-refractivity contribution in [3.05, 3.63) is 35.6 Å². The van der Waals surface area contributed by atoms with Crippen LogP contribution in [-0.4, -0.2) is 37.3 Å². The van der Waals surface area contributed by atoms with E-state index in [-0.39, 0.29) is 30.4 Å². The minimum absolute atomic E-state index is 0. The lowest BCUT2D eigenvalue weighted by Crippen LogP contribution is -2.49. The number of hydrogen-bond acceptors (Lipinski definition) is 2. The molecule has 116 valence electrons. The zero-order valence-electron chi connectivity index (χ0n) is 10.5. The highest BCUT2D eigenvalue weighted by atomic mass is 35.5. The first kappa shape index (κ1) is 19.4. The standard InChI is InChI=1S/C12H14F4N2.2ClH/c13-10-3-1-9(2-4-10)11(12(14,15)16)18-7-5-17-6-8-18;;/h1-4,11,17H,5-8H2;2*1H/t11-;;/m1../s1. The van der Waals surface area contributed by atoms with Crippen LogP contribution in [0.1, 0.15) is 11.6 Å². The molecular weight excluding hydrogens is 319 g/mol. The van der Waals surface area contributed by atoms with Crippen molar-refractivity contribution < 1.29 is 17.6 Å². The topological polar surface area (TPSA) is 15.3 Å². The molecule has 0 radical (unpaired) electrons. The summed E-state index contributed by atoms with van der Waals surface area (Å²) in [5.74, 6) is -0.528. The number of nitrogens with one attached hydrogen (secondary N) is 1. The molecule has 1 N–H and O–H groups in total. The summed E-state index contributed by atoms with van der Waals surface area (Å²) in [5.41, 5.74) is 0.0887. The van der Waals surface area contributed by atoms with E-state index in [4.69, 9.17) is 0 Å². The largest absolute Gasteiger partial charge is 0.408 e. The first-order valence-corrected chi connectivity index (χ1v) is 5.75. The molecule has 2 rings (SSSR count). The summed E-state index contributed by atoms with van der Waals surface area (Å²) in [7, 11) is 0. The average Bonchev–Trinajstić information content (AvgIpc) is 2.32. The summed E-state index contributed by atoms with van der Waals surface area (Å²) < 4.78 is 52.2. The third kappa shape index (κ3) is 4.77. The maximum atomic E-state index is 13.1. The fourth-order valence-electron chi connectivity index (χ4n) is 2.19. The summed E-state index contributed by atoms with van der Waals surface area (Å²) >= 11 is 0. The van der Waals surface area contributed by atoms with E-state index in [1.807, 2.05) is 0 Å².